The number of nitrogens with zero attached hydrogens (tertiary/aromatic N) is 6. The first kappa shape index (κ1) is 55.2. The second-order valence-corrected chi connectivity index (χ2v) is 17.5. The Balaban J connectivity index is 0.000000134. The van der Waals surface area contributed by atoms with E-state index in [-0.39, 0.29) is 83.4 Å². The third-order valence-electron chi connectivity index (χ3n) is 12.2. The summed E-state index contributed by atoms with van der Waals surface area (Å²) in [5.41, 5.74) is 13.6. The minimum atomic E-state index is -0.125. The Kier molecular flexibility index (Phi) is 16.8. The molecule has 0 aliphatic rings. The largest absolute Gasteiger partial charge is 0.656 e. The minimum absolute atomic E-state index is 0. The van der Waals surface area contributed by atoms with Crippen molar-refractivity contribution in [1.29, 1.82) is 0 Å². The molecule has 0 fully saturated rings. The Bertz CT molecular complexity index is 4250. The molecule has 9 heterocycles. The standard InChI is InChI=1S/3C17H9N2O.2C5H8O2.3Ir/c3*1-2-5-12-10(4-1)11-7-8-13-15(16(11)19-12)17-14(20-13)6-3-9-18-17;2*1-4(6)3-5(2)7;;;/h3*1-9H;2*3,6H,1-2H3;;;/q3*-1;;;;;. The van der Waals surface area contributed by atoms with Gasteiger partial charge in [0.15, 0.2) is 28.3 Å². The molecule has 3 radical (unpaired) electrons. The van der Waals surface area contributed by atoms with Gasteiger partial charge in [0.25, 0.3) is 0 Å². The SMILES string of the molecule is CC(=O)C=C(C)O.CC(=O)C=C(C)O.[Ir].[Ir].[Ir].c1ccc2c(c1)[n-]c1c2ccc2oc3cccnc3c21.c1ccc2c(c1)[n-]c1c2ccc2oc3cccnc3c21.c1ccc2c(c1)[n-]c1c2ccc2oc3cccnc3c21. The zero-order valence-corrected chi connectivity index (χ0v) is 48.5. The van der Waals surface area contributed by atoms with Gasteiger partial charge in [-0.2, -0.15) is 0 Å². The number of furan rings is 3. The number of ketones is 2. The maximum Gasteiger partial charge on any atom is 0.155 e. The van der Waals surface area contributed by atoms with Gasteiger partial charge in [0, 0.05) is 107 Å². The van der Waals surface area contributed by atoms with Crippen molar-refractivity contribution < 1.29 is 93.4 Å². The summed E-state index contributed by atoms with van der Waals surface area (Å²) in [5.74, 6) is -0.125. The van der Waals surface area contributed by atoms with E-state index in [9.17, 15) is 9.59 Å². The van der Waals surface area contributed by atoms with Crippen molar-refractivity contribution in [3.8, 4) is 0 Å². The molecule has 0 saturated heterocycles. The van der Waals surface area contributed by atoms with Gasteiger partial charge in [-0.1, -0.05) is 91.0 Å². The maximum absolute atomic E-state index is 10.0. The first-order chi connectivity index (χ1) is 36.0. The van der Waals surface area contributed by atoms with E-state index in [1.54, 1.807) is 18.6 Å². The Labute approximate surface area is 478 Å². The van der Waals surface area contributed by atoms with E-state index in [1.807, 2.05) is 109 Å². The second-order valence-electron chi connectivity index (χ2n) is 17.5. The normalized spacial score (nSPS) is 11.4. The van der Waals surface area contributed by atoms with Crippen LogP contribution < -0.4 is 15.0 Å². The number of aliphatic hydroxyl groups excluding tert-OH is 2. The van der Waals surface area contributed by atoms with Gasteiger partial charge in [0.1, 0.15) is 33.3 Å². The van der Waals surface area contributed by atoms with Gasteiger partial charge in [-0.3, -0.25) is 24.5 Å². The third kappa shape index (κ3) is 10.9. The van der Waals surface area contributed by atoms with Crippen molar-refractivity contribution >= 4 is 143 Å². The number of allylic oxidation sites excluding steroid dienone is 4. The molecule has 0 spiro atoms. The van der Waals surface area contributed by atoms with Crippen molar-refractivity contribution in [2.45, 2.75) is 27.7 Å². The average molecular weight is 1550 g/mol. The summed E-state index contributed by atoms with van der Waals surface area (Å²) in [7, 11) is 0. The minimum Gasteiger partial charge on any atom is -0.656 e. The Morgan fingerprint density at radius 2 is 0.662 bits per heavy atom. The van der Waals surface area contributed by atoms with E-state index in [0.717, 1.165) is 115 Å². The van der Waals surface area contributed by atoms with Crippen LogP contribution in [0.1, 0.15) is 27.7 Å². The summed E-state index contributed by atoms with van der Waals surface area (Å²) in [6, 6.07) is 48.3. The Hall–Kier alpha value is -8.06. The zero-order valence-electron chi connectivity index (χ0n) is 41.4. The second kappa shape index (κ2) is 23.4. The number of pyridine rings is 3. The molecule has 2 N–H and O–H groups in total. The van der Waals surface area contributed by atoms with Crippen molar-refractivity contribution in [2.75, 3.05) is 0 Å². The molecule has 389 valence electrons. The smallest absolute Gasteiger partial charge is 0.155 e. The van der Waals surface area contributed by atoms with Crippen LogP contribution in [0.2, 0.25) is 0 Å². The van der Waals surface area contributed by atoms with Gasteiger partial charge >= 0.3 is 0 Å². The van der Waals surface area contributed by atoms with Gasteiger partial charge in [0.05, 0.1) is 11.5 Å². The molecule has 0 atom stereocenters. The monoisotopic (exact) mass is 1550 g/mol. The molecule has 13 nitrogen and oxygen atoms in total. The molecule has 0 aliphatic carbocycles. The zero-order chi connectivity index (χ0) is 51.0. The van der Waals surface area contributed by atoms with Crippen LogP contribution in [0.15, 0.2) is 201 Å². The summed E-state index contributed by atoms with van der Waals surface area (Å²) < 4.78 is 17.6. The predicted molar refractivity (Wildman–Crippen MR) is 294 cm³/mol. The molecular formula is C61H43Ir3N6O7-3. The van der Waals surface area contributed by atoms with E-state index >= 15 is 0 Å². The molecule has 0 unspecified atom stereocenters. The van der Waals surface area contributed by atoms with Crippen LogP contribution in [0.4, 0.5) is 0 Å². The van der Waals surface area contributed by atoms with Crippen molar-refractivity contribution in [3.63, 3.8) is 0 Å². The molecule has 77 heavy (non-hydrogen) atoms. The van der Waals surface area contributed by atoms with E-state index < -0.39 is 0 Å². The van der Waals surface area contributed by atoms with E-state index in [0.29, 0.717) is 0 Å². The number of aromatic nitrogens is 6. The number of benzene rings is 6. The number of rotatable bonds is 2. The van der Waals surface area contributed by atoms with Crippen LogP contribution in [0, 0.1) is 0 Å². The number of carbonyl (C=O) groups is 2. The maximum atomic E-state index is 10.0. The van der Waals surface area contributed by atoms with Gasteiger partial charge in [-0.15, -0.1) is 33.1 Å². The summed E-state index contributed by atoms with van der Waals surface area (Å²) in [5, 5.41) is 26.7. The summed E-state index contributed by atoms with van der Waals surface area (Å²) in [6.45, 7) is 5.70. The van der Waals surface area contributed by atoms with Gasteiger partial charge in [-0.05, 0) is 115 Å². The number of para-hydroxylation sites is 3. The van der Waals surface area contributed by atoms with Gasteiger partial charge < -0.3 is 38.4 Å². The summed E-state index contributed by atoms with van der Waals surface area (Å²) in [4.78, 5) is 47.7. The molecule has 16 heteroatoms. The van der Waals surface area contributed by atoms with Crippen LogP contribution in [0.25, 0.3) is 132 Å². The van der Waals surface area contributed by atoms with Crippen LogP contribution in [0.5, 0.6) is 0 Å². The Morgan fingerprint density at radius 1 is 0.377 bits per heavy atom. The molecule has 0 aliphatic heterocycles. The fourth-order valence-electron chi connectivity index (χ4n) is 9.34. The van der Waals surface area contributed by atoms with Crippen molar-refractivity contribution in [2.24, 2.45) is 0 Å². The fourth-order valence-corrected chi connectivity index (χ4v) is 9.34. The molecule has 6 aromatic carbocycles. The van der Waals surface area contributed by atoms with Crippen molar-refractivity contribution in [3.05, 3.63) is 188 Å². The molecule has 0 amide bonds. The number of aliphatic hydroxyl groups is 2. The van der Waals surface area contributed by atoms with Gasteiger partial charge in [0.2, 0.25) is 0 Å². The predicted octanol–water partition coefficient (Wildman–Crippen LogP) is 14.8. The first-order valence-corrected chi connectivity index (χ1v) is 23.6. The van der Waals surface area contributed by atoms with E-state index in [4.69, 9.17) is 38.4 Å². The van der Waals surface area contributed by atoms with Crippen molar-refractivity contribution in [1.82, 2.24) is 29.9 Å². The topological polar surface area (TPSA) is 195 Å². The number of fused-ring (bicyclic) bond motifs is 21. The Morgan fingerprint density at radius 3 is 0.922 bits per heavy atom. The van der Waals surface area contributed by atoms with E-state index in [1.165, 1.54) is 56.0 Å². The molecule has 15 aromatic rings. The summed E-state index contributed by atoms with van der Waals surface area (Å²) in [6.07, 6.45) is 7.70. The molecule has 0 bridgehead atoms. The van der Waals surface area contributed by atoms with Crippen LogP contribution >= 0.6 is 0 Å². The molecule has 0 saturated carbocycles. The average Bonchev–Trinajstić information content (AvgIpc) is 4.25. The quantitative estimate of drug-likeness (QED) is 0.123. The number of carbonyl (C=O) groups excluding carboxylic acids is 2. The van der Waals surface area contributed by atoms with Crippen LogP contribution in [-0.4, -0.2) is 36.7 Å². The van der Waals surface area contributed by atoms with Crippen LogP contribution in [-0.2, 0) is 69.9 Å². The third-order valence-corrected chi connectivity index (χ3v) is 12.2. The number of hydrogen-bond acceptors (Lipinski definition) is 10. The fraction of sp³-hybridized carbons (Fsp3) is 0.0656. The van der Waals surface area contributed by atoms with Crippen LogP contribution in [0.3, 0.4) is 0 Å². The first-order valence-electron chi connectivity index (χ1n) is 23.6. The number of hydrogen-bond donors (Lipinski definition) is 2. The molecule has 9 aromatic heterocycles. The molecule has 15 rings (SSSR count). The molecular weight excluding hydrogens is 1510 g/mol. The van der Waals surface area contributed by atoms with E-state index in [2.05, 4.69) is 51.4 Å². The van der Waals surface area contributed by atoms with Gasteiger partial charge in [-0.25, -0.2) is 0 Å². The summed E-state index contributed by atoms with van der Waals surface area (Å²) >= 11 is 0.